The zero-order chi connectivity index (χ0) is 15.0. The minimum absolute atomic E-state index is 0.130. The number of esters is 1. The summed E-state index contributed by atoms with van der Waals surface area (Å²) in [4.78, 5) is 37.7. The van der Waals surface area contributed by atoms with E-state index in [9.17, 15) is 14.4 Å². The van der Waals surface area contributed by atoms with Gasteiger partial charge in [-0.05, 0) is 38.5 Å². The van der Waals surface area contributed by atoms with E-state index in [0.29, 0.717) is 12.6 Å². The molecule has 0 aromatic carbocycles. The van der Waals surface area contributed by atoms with Gasteiger partial charge in [0, 0.05) is 18.9 Å². The van der Waals surface area contributed by atoms with Crippen molar-refractivity contribution in [3.05, 3.63) is 0 Å². The molecule has 1 unspecified atom stereocenters. The maximum Gasteiger partial charge on any atom is 0.328 e. The Balaban J connectivity index is 1.84. The second kappa shape index (κ2) is 5.40. The van der Waals surface area contributed by atoms with Crippen LogP contribution in [0.3, 0.4) is 0 Å². The number of nitrogens with zero attached hydrogens (tertiary/aromatic N) is 1. The van der Waals surface area contributed by atoms with Gasteiger partial charge in [0.05, 0.1) is 13.2 Å². The summed E-state index contributed by atoms with van der Waals surface area (Å²) in [5.41, 5.74) is -0.896. The van der Waals surface area contributed by atoms with Gasteiger partial charge in [0.1, 0.15) is 5.54 Å². The van der Waals surface area contributed by atoms with Crippen molar-refractivity contribution >= 4 is 17.8 Å². The fourth-order valence-electron chi connectivity index (χ4n) is 3.06. The minimum Gasteiger partial charge on any atom is -0.465 e. The van der Waals surface area contributed by atoms with Crippen molar-refractivity contribution in [3.8, 4) is 0 Å². The Bertz CT molecular complexity index is 454. The highest BCUT2D eigenvalue weighted by Gasteiger charge is 2.56. The van der Waals surface area contributed by atoms with Crippen molar-refractivity contribution in [3.63, 3.8) is 0 Å². The van der Waals surface area contributed by atoms with Crippen molar-refractivity contribution < 1.29 is 19.1 Å². The summed E-state index contributed by atoms with van der Waals surface area (Å²) in [6.07, 6.45) is 4.46. The van der Waals surface area contributed by atoms with Gasteiger partial charge in [-0.3, -0.25) is 19.8 Å². The number of ether oxygens (including phenoxy) is 1. The Morgan fingerprint density at radius 1 is 1.24 bits per heavy atom. The van der Waals surface area contributed by atoms with Gasteiger partial charge < -0.3 is 4.74 Å². The monoisotopic (exact) mass is 294 g/mol. The Morgan fingerprint density at radius 3 is 2.33 bits per heavy atom. The van der Waals surface area contributed by atoms with Crippen LogP contribution in [0.1, 0.15) is 45.4 Å². The third-order valence-electron chi connectivity index (χ3n) is 4.52. The summed E-state index contributed by atoms with van der Waals surface area (Å²) in [5.74, 6) is -0.496. The quantitative estimate of drug-likeness (QED) is 0.549. The molecular weight excluding hydrogens is 272 g/mol. The molecule has 3 fully saturated rings. The molecule has 1 atom stereocenters. The molecule has 1 aliphatic heterocycles. The zero-order valence-electron chi connectivity index (χ0n) is 12.4. The maximum atomic E-state index is 12.6. The second-order valence-corrected chi connectivity index (χ2v) is 6.26. The molecule has 2 aliphatic carbocycles. The predicted octanol–water partition coefficient (Wildman–Crippen LogP) is 0.599. The van der Waals surface area contributed by atoms with Gasteiger partial charge in [-0.2, -0.15) is 0 Å². The summed E-state index contributed by atoms with van der Waals surface area (Å²) >= 11 is 0. The number of rotatable bonds is 7. The van der Waals surface area contributed by atoms with Crippen LogP contribution in [0.15, 0.2) is 0 Å². The van der Waals surface area contributed by atoms with E-state index in [1.807, 2.05) is 0 Å². The summed E-state index contributed by atoms with van der Waals surface area (Å²) < 4.78 is 5.27. The van der Waals surface area contributed by atoms with Crippen LogP contribution in [0.25, 0.3) is 0 Å². The normalized spacial score (nSPS) is 25.1. The second-order valence-electron chi connectivity index (χ2n) is 6.26. The van der Waals surface area contributed by atoms with E-state index in [4.69, 9.17) is 4.74 Å². The van der Waals surface area contributed by atoms with Crippen molar-refractivity contribution in [2.75, 3.05) is 13.2 Å². The van der Waals surface area contributed by atoms with Crippen LogP contribution in [-0.2, 0) is 19.1 Å². The van der Waals surface area contributed by atoms with E-state index in [0.717, 1.165) is 25.7 Å². The molecule has 0 bridgehead atoms. The lowest BCUT2D eigenvalue weighted by Gasteiger charge is -2.35. The first-order valence-electron chi connectivity index (χ1n) is 7.85. The molecule has 1 N–H and O–H groups in total. The molecular formula is C15H22N2O4. The van der Waals surface area contributed by atoms with Crippen LogP contribution in [0.4, 0.5) is 0 Å². The van der Waals surface area contributed by atoms with Crippen LogP contribution >= 0.6 is 0 Å². The Morgan fingerprint density at radius 2 is 1.86 bits per heavy atom. The Kier molecular flexibility index (Phi) is 3.73. The molecule has 2 amide bonds. The average molecular weight is 294 g/mol. The van der Waals surface area contributed by atoms with E-state index in [-0.39, 0.29) is 43.1 Å². The van der Waals surface area contributed by atoms with Crippen molar-refractivity contribution in [1.82, 2.24) is 10.2 Å². The number of carbonyl (C=O) groups excluding carboxylic acids is 3. The Labute approximate surface area is 124 Å². The molecule has 3 rings (SSSR count). The van der Waals surface area contributed by atoms with Crippen molar-refractivity contribution in [1.29, 1.82) is 0 Å². The molecule has 0 spiro atoms. The number of carbonyl (C=O) groups is 3. The molecule has 1 heterocycles. The van der Waals surface area contributed by atoms with Crippen molar-refractivity contribution in [2.24, 2.45) is 5.92 Å². The topological polar surface area (TPSA) is 75.7 Å². The number of hydrogen-bond acceptors (Lipinski definition) is 5. The fourth-order valence-corrected chi connectivity index (χ4v) is 3.06. The smallest absolute Gasteiger partial charge is 0.328 e. The Hall–Kier alpha value is -1.43. The first-order chi connectivity index (χ1) is 10.1. The summed E-state index contributed by atoms with van der Waals surface area (Å²) in [6.45, 7) is 2.21. The van der Waals surface area contributed by atoms with Gasteiger partial charge in [0.25, 0.3) is 0 Å². The van der Waals surface area contributed by atoms with E-state index in [1.54, 1.807) is 6.92 Å². The zero-order valence-corrected chi connectivity index (χ0v) is 12.4. The predicted molar refractivity (Wildman–Crippen MR) is 74.2 cm³/mol. The maximum absolute atomic E-state index is 12.6. The van der Waals surface area contributed by atoms with E-state index >= 15 is 0 Å². The van der Waals surface area contributed by atoms with E-state index < -0.39 is 5.54 Å². The van der Waals surface area contributed by atoms with Gasteiger partial charge in [-0.25, -0.2) is 4.79 Å². The van der Waals surface area contributed by atoms with Crippen LogP contribution in [0, 0.1) is 5.92 Å². The van der Waals surface area contributed by atoms with Crippen LogP contribution in [0.2, 0.25) is 0 Å². The van der Waals surface area contributed by atoms with E-state index in [1.165, 1.54) is 4.90 Å². The molecule has 0 aromatic rings. The summed E-state index contributed by atoms with van der Waals surface area (Å²) in [6, 6.07) is 0.308. The molecule has 6 nitrogen and oxygen atoms in total. The van der Waals surface area contributed by atoms with Crippen LogP contribution in [0.5, 0.6) is 0 Å². The SMILES string of the molecule is CCOC(=O)C(CN1C(=O)CCC1=O)(NC1CC1)C1CC1. The van der Waals surface area contributed by atoms with Crippen LogP contribution < -0.4 is 5.32 Å². The molecule has 2 saturated carbocycles. The number of amides is 2. The lowest BCUT2D eigenvalue weighted by atomic mass is 9.91. The van der Waals surface area contributed by atoms with Gasteiger partial charge in [-0.1, -0.05) is 0 Å². The van der Waals surface area contributed by atoms with Crippen molar-refractivity contribution in [2.45, 2.75) is 57.0 Å². The molecule has 1 saturated heterocycles. The summed E-state index contributed by atoms with van der Waals surface area (Å²) in [5, 5.41) is 3.40. The largest absolute Gasteiger partial charge is 0.465 e. The molecule has 6 heteroatoms. The highest BCUT2D eigenvalue weighted by molar-refractivity contribution is 6.02. The van der Waals surface area contributed by atoms with Gasteiger partial charge in [-0.15, -0.1) is 0 Å². The first-order valence-corrected chi connectivity index (χ1v) is 7.85. The van der Waals surface area contributed by atoms with E-state index in [2.05, 4.69) is 5.32 Å². The standard InChI is InChI=1S/C15H22N2O4/c1-2-21-14(20)15(10-3-4-10,16-11-5-6-11)9-17-12(18)7-8-13(17)19/h10-11,16H,2-9H2,1H3. The summed E-state index contributed by atoms with van der Waals surface area (Å²) in [7, 11) is 0. The lowest BCUT2D eigenvalue weighted by Crippen LogP contribution is -2.62. The fraction of sp³-hybridized carbons (Fsp3) is 0.800. The average Bonchev–Trinajstić information content (AvgIpc) is 3.34. The van der Waals surface area contributed by atoms with Crippen LogP contribution in [-0.4, -0.2) is 47.4 Å². The molecule has 0 aromatic heterocycles. The number of likely N-dealkylation sites (tertiary alicyclic amines) is 1. The number of imide groups is 1. The highest BCUT2D eigenvalue weighted by Crippen LogP contribution is 2.43. The third-order valence-corrected chi connectivity index (χ3v) is 4.52. The number of nitrogens with one attached hydrogen (secondary N) is 1. The first kappa shape index (κ1) is 14.5. The lowest BCUT2D eigenvalue weighted by molar-refractivity contribution is -0.155. The van der Waals surface area contributed by atoms with Gasteiger partial charge >= 0.3 is 5.97 Å². The van der Waals surface area contributed by atoms with Gasteiger partial charge in [0.15, 0.2) is 0 Å². The molecule has 0 radical (unpaired) electrons. The molecule has 116 valence electrons. The minimum atomic E-state index is -0.896. The van der Waals surface area contributed by atoms with Gasteiger partial charge in [0.2, 0.25) is 11.8 Å². The third kappa shape index (κ3) is 2.81. The number of hydrogen-bond donors (Lipinski definition) is 1. The molecule has 3 aliphatic rings. The highest BCUT2D eigenvalue weighted by atomic mass is 16.5. The molecule has 21 heavy (non-hydrogen) atoms.